The standard InChI is InChI=1S/C24H30N2O3/c1-24(2,3)29-23(27)25-17-12-13-20-19(15-17)22-18(11-8-14-28-22)21(26-20)16-9-6-4-5-7-10-16/h4-7,9,12-13,15,18,21-22,26H,8,10-11,14H2,1-3H3,(H,25,27). The van der Waals surface area contributed by atoms with Gasteiger partial charge in [0, 0.05) is 29.5 Å². The Bertz CT molecular complexity index is 863. The summed E-state index contributed by atoms with van der Waals surface area (Å²) in [6.07, 6.45) is 13.5. The maximum absolute atomic E-state index is 12.2. The van der Waals surface area contributed by atoms with Crippen LogP contribution in [0.5, 0.6) is 0 Å². The predicted molar refractivity (Wildman–Crippen MR) is 116 cm³/mol. The number of hydrogen-bond donors (Lipinski definition) is 2. The molecule has 1 amide bonds. The molecule has 1 aliphatic carbocycles. The molecule has 0 radical (unpaired) electrons. The molecule has 5 heteroatoms. The Hall–Kier alpha value is -2.53. The van der Waals surface area contributed by atoms with Gasteiger partial charge in [-0.05, 0) is 63.8 Å². The van der Waals surface area contributed by atoms with Crippen LogP contribution >= 0.6 is 0 Å². The fourth-order valence-electron chi connectivity index (χ4n) is 4.36. The molecule has 3 atom stereocenters. The van der Waals surface area contributed by atoms with Crippen molar-refractivity contribution in [2.45, 2.75) is 57.8 Å². The Labute approximate surface area is 172 Å². The van der Waals surface area contributed by atoms with Gasteiger partial charge in [-0.3, -0.25) is 5.32 Å². The first-order valence-corrected chi connectivity index (χ1v) is 10.4. The quantitative estimate of drug-likeness (QED) is 0.672. The zero-order chi connectivity index (χ0) is 20.4. The smallest absolute Gasteiger partial charge is 0.412 e. The summed E-state index contributed by atoms with van der Waals surface area (Å²) in [5.74, 6) is 0.374. The zero-order valence-corrected chi connectivity index (χ0v) is 17.4. The molecule has 1 aromatic rings. The second kappa shape index (κ2) is 8.07. The molecular formula is C24H30N2O3. The number of allylic oxidation sites excluding steroid dienone is 5. The average molecular weight is 395 g/mol. The fraction of sp³-hybridized carbons (Fsp3) is 0.458. The third-order valence-corrected chi connectivity index (χ3v) is 5.53. The number of hydrogen-bond acceptors (Lipinski definition) is 4. The maximum Gasteiger partial charge on any atom is 0.412 e. The molecular weight excluding hydrogens is 364 g/mol. The molecule has 1 aromatic carbocycles. The topological polar surface area (TPSA) is 59.6 Å². The molecule has 5 nitrogen and oxygen atoms in total. The fourth-order valence-corrected chi connectivity index (χ4v) is 4.36. The van der Waals surface area contributed by atoms with Crippen molar-refractivity contribution in [2.24, 2.45) is 5.92 Å². The third-order valence-electron chi connectivity index (χ3n) is 5.53. The summed E-state index contributed by atoms with van der Waals surface area (Å²) >= 11 is 0. The summed E-state index contributed by atoms with van der Waals surface area (Å²) in [5, 5.41) is 6.61. The zero-order valence-electron chi connectivity index (χ0n) is 17.4. The molecule has 3 aliphatic rings. The molecule has 3 unspecified atom stereocenters. The molecule has 1 fully saturated rings. The van der Waals surface area contributed by atoms with Gasteiger partial charge in [-0.15, -0.1) is 0 Å². The molecule has 0 aromatic heterocycles. The SMILES string of the molecule is CC(C)(C)OC(=O)Nc1ccc2c(c1)C1OCCCC1C(C1=CC=CC=CC1)N2. The van der Waals surface area contributed by atoms with Crippen LogP contribution in [0.1, 0.15) is 51.7 Å². The Morgan fingerprint density at radius 1 is 1.24 bits per heavy atom. The van der Waals surface area contributed by atoms with Gasteiger partial charge >= 0.3 is 6.09 Å². The van der Waals surface area contributed by atoms with Crippen molar-refractivity contribution in [3.8, 4) is 0 Å². The third kappa shape index (κ3) is 4.56. The van der Waals surface area contributed by atoms with E-state index in [0.717, 1.165) is 42.8 Å². The highest BCUT2D eigenvalue weighted by atomic mass is 16.6. The predicted octanol–water partition coefficient (Wildman–Crippen LogP) is 5.74. The van der Waals surface area contributed by atoms with E-state index in [0.29, 0.717) is 5.92 Å². The number of ether oxygens (including phenoxy) is 2. The number of fused-ring (bicyclic) bond motifs is 3. The molecule has 4 rings (SSSR count). The van der Waals surface area contributed by atoms with Crippen molar-refractivity contribution >= 4 is 17.5 Å². The van der Waals surface area contributed by atoms with Crippen LogP contribution in [0.2, 0.25) is 0 Å². The lowest BCUT2D eigenvalue weighted by molar-refractivity contribution is -0.0343. The lowest BCUT2D eigenvalue weighted by atomic mass is 9.76. The summed E-state index contributed by atoms with van der Waals surface area (Å²) in [5.41, 5.74) is 3.77. The van der Waals surface area contributed by atoms with E-state index in [1.54, 1.807) is 0 Å². The molecule has 2 aliphatic heterocycles. The summed E-state index contributed by atoms with van der Waals surface area (Å²) in [7, 11) is 0. The number of nitrogens with one attached hydrogen (secondary N) is 2. The number of rotatable bonds is 2. The number of amides is 1. The Morgan fingerprint density at radius 2 is 2.10 bits per heavy atom. The second-order valence-electron chi connectivity index (χ2n) is 8.91. The Balaban J connectivity index is 1.60. The van der Waals surface area contributed by atoms with E-state index in [-0.39, 0.29) is 12.1 Å². The first-order valence-electron chi connectivity index (χ1n) is 10.4. The molecule has 1 saturated heterocycles. The first-order chi connectivity index (χ1) is 13.9. The second-order valence-corrected chi connectivity index (χ2v) is 8.91. The van der Waals surface area contributed by atoms with Crippen LogP contribution in [0.25, 0.3) is 0 Å². The van der Waals surface area contributed by atoms with Crippen LogP contribution in [0.3, 0.4) is 0 Å². The molecule has 0 spiro atoms. The lowest BCUT2D eigenvalue weighted by Crippen LogP contribution is -2.42. The average Bonchev–Trinajstić information content (AvgIpc) is 2.95. The van der Waals surface area contributed by atoms with Crippen molar-refractivity contribution in [3.63, 3.8) is 0 Å². The van der Waals surface area contributed by atoms with Gasteiger partial charge in [0.2, 0.25) is 0 Å². The Kier molecular flexibility index (Phi) is 5.50. The first kappa shape index (κ1) is 19.8. The minimum Gasteiger partial charge on any atom is -0.444 e. The number of carbonyl (C=O) groups is 1. The van der Waals surface area contributed by atoms with Crippen molar-refractivity contribution < 1.29 is 14.3 Å². The van der Waals surface area contributed by atoms with E-state index in [2.05, 4.69) is 41.0 Å². The van der Waals surface area contributed by atoms with Crippen LogP contribution in [0.15, 0.2) is 54.2 Å². The number of benzene rings is 1. The minimum absolute atomic E-state index is 0.0301. The minimum atomic E-state index is -0.528. The van der Waals surface area contributed by atoms with Gasteiger partial charge in [-0.25, -0.2) is 4.79 Å². The van der Waals surface area contributed by atoms with E-state index in [1.807, 2.05) is 39.0 Å². The van der Waals surface area contributed by atoms with Crippen molar-refractivity contribution in [1.82, 2.24) is 0 Å². The summed E-state index contributed by atoms with van der Waals surface area (Å²) in [6, 6.07) is 6.22. The number of anilines is 2. The maximum atomic E-state index is 12.2. The lowest BCUT2D eigenvalue weighted by Gasteiger charge is -2.44. The number of carbonyl (C=O) groups excluding carboxylic acids is 1. The van der Waals surface area contributed by atoms with Crippen LogP contribution < -0.4 is 10.6 Å². The van der Waals surface area contributed by atoms with Crippen molar-refractivity contribution in [2.75, 3.05) is 17.2 Å². The highest BCUT2D eigenvalue weighted by molar-refractivity contribution is 5.85. The van der Waals surface area contributed by atoms with Crippen LogP contribution in [-0.2, 0) is 9.47 Å². The molecule has 2 heterocycles. The normalized spacial score (nSPS) is 25.8. The molecule has 2 N–H and O–H groups in total. The molecule has 154 valence electrons. The van der Waals surface area contributed by atoms with Gasteiger partial charge in [-0.2, -0.15) is 0 Å². The molecule has 29 heavy (non-hydrogen) atoms. The summed E-state index contributed by atoms with van der Waals surface area (Å²) in [4.78, 5) is 12.2. The van der Waals surface area contributed by atoms with E-state index >= 15 is 0 Å². The highest BCUT2D eigenvalue weighted by Crippen LogP contribution is 2.46. The van der Waals surface area contributed by atoms with Gasteiger partial charge in [-0.1, -0.05) is 30.4 Å². The monoisotopic (exact) mass is 394 g/mol. The Morgan fingerprint density at radius 3 is 2.93 bits per heavy atom. The molecule has 0 bridgehead atoms. The van der Waals surface area contributed by atoms with Crippen LogP contribution in [0.4, 0.5) is 16.2 Å². The van der Waals surface area contributed by atoms with E-state index in [4.69, 9.17) is 9.47 Å². The molecule has 0 saturated carbocycles. The van der Waals surface area contributed by atoms with Crippen molar-refractivity contribution in [3.05, 3.63) is 59.7 Å². The summed E-state index contributed by atoms with van der Waals surface area (Å²) in [6.45, 7) is 6.35. The van der Waals surface area contributed by atoms with Gasteiger partial charge in [0.15, 0.2) is 0 Å². The van der Waals surface area contributed by atoms with Gasteiger partial charge < -0.3 is 14.8 Å². The van der Waals surface area contributed by atoms with Gasteiger partial charge in [0.25, 0.3) is 0 Å². The van der Waals surface area contributed by atoms with E-state index in [9.17, 15) is 4.79 Å². The van der Waals surface area contributed by atoms with Crippen LogP contribution in [0, 0.1) is 5.92 Å². The van der Waals surface area contributed by atoms with Crippen molar-refractivity contribution in [1.29, 1.82) is 0 Å². The van der Waals surface area contributed by atoms with E-state index < -0.39 is 11.7 Å². The van der Waals surface area contributed by atoms with Gasteiger partial charge in [0.1, 0.15) is 5.60 Å². The largest absolute Gasteiger partial charge is 0.444 e. The van der Waals surface area contributed by atoms with Crippen LogP contribution in [-0.4, -0.2) is 24.3 Å². The van der Waals surface area contributed by atoms with Gasteiger partial charge in [0.05, 0.1) is 12.1 Å². The summed E-state index contributed by atoms with van der Waals surface area (Å²) < 4.78 is 11.6. The van der Waals surface area contributed by atoms with E-state index in [1.165, 1.54) is 5.57 Å². The highest BCUT2D eigenvalue weighted by Gasteiger charge is 2.40.